The third kappa shape index (κ3) is 21.1. The molecular weight excluding hydrogens is 1160 g/mol. The number of halogens is 8. The largest absolute Gasteiger partial charge is 1.00 e. The summed E-state index contributed by atoms with van der Waals surface area (Å²) < 4.78 is 11.8. The van der Waals surface area contributed by atoms with Crippen LogP contribution in [0.25, 0.3) is 0 Å². The molecule has 0 aliphatic carbocycles. The Morgan fingerprint density at radius 3 is 0.321 bits per heavy atom. The van der Waals surface area contributed by atoms with Gasteiger partial charge in [-0.25, -0.2) is 0 Å². The maximum atomic E-state index is 2.21. The molecule has 8 aromatic carbocycles. The zero-order chi connectivity index (χ0) is 35.7. The maximum Gasteiger partial charge on any atom is 0.357 e. The fraction of sp³-hybridized carbons (Fsp3) is 0. The van der Waals surface area contributed by atoms with Gasteiger partial charge in [-0.1, -0.05) is 146 Å². The predicted octanol–water partition coefficient (Wildman–Crippen LogP) is -12.7. The van der Waals surface area contributed by atoms with Crippen molar-refractivity contribution in [3.8, 4) is 0 Å². The van der Waals surface area contributed by atoms with Crippen LogP contribution in [0, 0.1) is 28.6 Å². The zero-order valence-corrected chi connectivity index (χ0v) is 38.7. The molecule has 0 N–H and O–H groups in total. The van der Waals surface area contributed by atoms with Crippen LogP contribution in [0.1, 0.15) is 0 Å². The fourth-order valence-corrected chi connectivity index (χ4v) is 13.4. The SMILES string of the molecule is [F-].[F-].[F-].[F-].c1ccc([I+]c2ccccc2)cc1.c1ccc([I+]c2ccccc2)cc1.c1ccc([I+]c2ccccc2)cc1.c1ccc([I+]c2ccccc2)cc1. The highest BCUT2D eigenvalue weighted by Crippen LogP contribution is 1.89. The summed E-state index contributed by atoms with van der Waals surface area (Å²) in [5.74, 6) is 0. The molecule has 0 heterocycles. The molecule has 8 rings (SSSR count). The van der Waals surface area contributed by atoms with Gasteiger partial charge in [-0.05, 0) is 97.1 Å². The van der Waals surface area contributed by atoms with Crippen molar-refractivity contribution in [3.63, 3.8) is 0 Å². The van der Waals surface area contributed by atoms with Crippen LogP contribution < -0.4 is 104 Å². The molecule has 0 fully saturated rings. The van der Waals surface area contributed by atoms with Crippen molar-refractivity contribution in [2.45, 2.75) is 0 Å². The third-order valence-corrected chi connectivity index (χ3v) is 17.5. The van der Waals surface area contributed by atoms with Crippen LogP contribution in [0.3, 0.4) is 0 Å². The van der Waals surface area contributed by atoms with Crippen molar-refractivity contribution in [1.82, 2.24) is 0 Å². The number of benzene rings is 8. The van der Waals surface area contributed by atoms with Gasteiger partial charge >= 0.3 is 84.8 Å². The molecule has 8 heteroatoms. The molecule has 0 saturated heterocycles. The summed E-state index contributed by atoms with van der Waals surface area (Å²) in [6.07, 6.45) is 0. The van der Waals surface area contributed by atoms with Crippen molar-refractivity contribution >= 4 is 0 Å². The lowest BCUT2D eigenvalue weighted by molar-refractivity contribution is -0.597. The van der Waals surface area contributed by atoms with Gasteiger partial charge in [0.1, 0.15) is 0 Å². The van der Waals surface area contributed by atoms with Crippen molar-refractivity contribution < 1.29 is 104 Å². The molecule has 0 aliphatic rings. The van der Waals surface area contributed by atoms with Crippen molar-refractivity contribution in [2.24, 2.45) is 0 Å². The van der Waals surface area contributed by atoms with E-state index in [1.165, 1.54) is 28.6 Å². The first-order valence-electron chi connectivity index (χ1n) is 16.8. The van der Waals surface area contributed by atoms with E-state index in [1.807, 2.05) is 0 Å². The van der Waals surface area contributed by atoms with Gasteiger partial charge in [0.2, 0.25) is 0 Å². The highest BCUT2D eigenvalue weighted by Gasteiger charge is 2.15. The molecule has 0 radical (unpaired) electrons. The first-order chi connectivity index (χ1) is 25.8. The van der Waals surface area contributed by atoms with E-state index in [2.05, 4.69) is 243 Å². The fourth-order valence-electron chi connectivity index (χ4n) is 4.33. The summed E-state index contributed by atoms with van der Waals surface area (Å²) in [6, 6.07) is 85.6. The lowest BCUT2D eigenvalue weighted by atomic mass is 10.4. The van der Waals surface area contributed by atoms with Crippen LogP contribution in [0.2, 0.25) is 0 Å². The van der Waals surface area contributed by atoms with Crippen LogP contribution in [0.4, 0.5) is 0 Å². The Morgan fingerprint density at radius 2 is 0.232 bits per heavy atom. The van der Waals surface area contributed by atoms with E-state index in [4.69, 9.17) is 0 Å². The average molecular weight is 1200 g/mol. The highest BCUT2D eigenvalue weighted by molar-refractivity contribution is 5.06. The smallest absolute Gasteiger partial charge is 0.357 e. The average Bonchev–Trinajstić information content (AvgIpc) is 3.22. The third-order valence-electron chi connectivity index (χ3n) is 6.74. The van der Waals surface area contributed by atoms with Gasteiger partial charge in [0.25, 0.3) is 0 Å². The van der Waals surface area contributed by atoms with E-state index in [1.54, 1.807) is 0 Å². The van der Waals surface area contributed by atoms with Crippen molar-refractivity contribution in [1.29, 1.82) is 0 Å². The van der Waals surface area contributed by atoms with Gasteiger partial charge < -0.3 is 18.8 Å². The van der Waals surface area contributed by atoms with Crippen LogP contribution in [-0.2, 0) is 0 Å². The number of rotatable bonds is 8. The molecular formula is C48H40F4I4. The molecule has 0 aromatic heterocycles. The molecule has 288 valence electrons. The standard InChI is InChI=1S/4C12H10I.4FH/c4*1-3-7-11(8-4-1)13-12-9-5-2-6-10-12;;;;/h4*1-10H;4*1H/q4*+1;;;;/p-4. The minimum atomic E-state index is 0. The van der Waals surface area contributed by atoms with Crippen LogP contribution in [0.5, 0.6) is 0 Å². The van der Waals surface area contributed by atoms with E-state index in [-0.39, 0.29) is 104 Å². The first-order valence-corrected chi connectivity index (χ1v) is 25.4. The molecule has 56 heavy (non-hydrogen) atoms. The molecule has 0 atom stereocenters. The molecule has 0 bridgehead atoms. The molecule has 0 aliphatic heterocycles. The van der Waals surface area contributed by atoms with Crippen LogP contribution >= 0.6 is 0 Å². The van der Waals surface area contributed by atoms with Gasteiger partial charge in [0.05, 0.1) is 0 Å². The minimum Gasteiger partial charge on any atom is -1.00 e. The zero-order valence-electron chi connectivity index (χ0n) is 30.1. The molecule has 8 aromatic rings. The molecule has 0 nitrogen and oxygen atoms in total. The molecule has 0 unspecified atom stereocenters. The van der Waals surface area contributed by atoms with Crippen molar-refractivity contribution in [2.75, 3.05) is 0 Å². The monoisotopic (exact) mass is 1200 g/mol. The second-order valence-corrected chi connectivity index (χ2v) is 22.9. The molecule has 0 saturated carbocycles. The highest BCUT2D eigenvalue weighted by atomic mass is 127. The lowest BCUT2D eigenvalue weighted by Gasteiger charge is -1.84. The second kappa shape index (κ2) is 31.5. The quantitative estimate of drug-likeness (QED) is 0.105. The topological polar surface area (TPSA) is 0 Å². The van der Waals surface area contributed by atoms with E-state index in [0.29, 0.717) is 0 Å². The molecule has 0 amide bonds. The van der Waals surface area contributed by atoms with E-state index in [9.17, 15) is 0 Å². The Hall–Kier alpha value is -3.60. The predicted molar refractivity (Wildman–Crippen MR) is 201 cm³/mol. The van der Waals surface area contributed by atoms with Crippen LogP contribution in [0.15, 0.2) is 243 Å². The summed E-state index contributed by atoms with van der Waals surface area (Å²) in [7, 11) is 0. The Morgan fingerprint density at radius 1 is 0.143 bits per heavy atom. The summed E-state index contributed by atoms with van der Waals surface area (Å²) in [4.78, 5) is 0. The summed E-state index contributed by atoms with van der Waals surface area (Å²) in [6.45, 7) is 0. The normalized spacial score (nSPS) is 9.14. The Balaban J connectivity index is 0.000000365. The van der Waals surface area contributed by atoms with Crippen LogP contribution in [-0.4, -0.2) is 0 Å². The Kier molecular flexibility index (Phi) is 28.3. The van der Waals surface area contributed by atoms with Gasteiger partial charge in [-0.2, -0.15) is 0 Å². The van der Waals surface area contributed by atoms with E-state index < -0.39 is 0 Å². The Labute approximate surface area is 370 Å². The van der Waals surface area contributed by atoms with Crippen molar-refractivity contribution in [3.05, 3.63) is 271 Å². The number of hydrogen-bond acceptors (Lipinski definition) is 0. The Bertz CT molecular complexity index is 1590. The lowest BCUT2D eigenvalue weighted by Crippen LogP contribution is -3.61. The number of hydrogen-bond donors (Lipinski definition) is 0. The van der Waals surface area contributed by atoms with Gasteiger partial charge in [-0.15, -0.1) is 0 Å². The maximum absolute atomic E-state index is 2.21. The second-order valence-electron chi connectivity index (χ2n) is 10.7. The molecule has 0 spiro atoms. The minimum absolute atomic E-state index is 0. The first kappa shape index (κ1) is 50.4. The summed E-state index contributed by atoms with van der Waals surface area (Å²) in [5, 5.41) is 0. The van der Waals surface area contributed by atoms with Gasteiger partial charge in [0.15, 0.2) is 28.6 Å². The van der Waals surface area contributed by atoms with Gasteiger partial charge in [0, 0.05) is 0 Å². The van der Waals surface area contributed by atoms with E-state index in [0.717, 1.165) is 0 Å². The summed E-state index contributed by atoms with van der Waals surface area (Å²) >= 11 is 0.115. The van der Waals surface area contributed by atoms with E-state index >= 15 is 0 Å². The summed E-state index contributed by atoms with van der Waals surface area (Å²) in [5.41, 5.74) is 0. The van der Waals surface area contributed by atoms with Gasteiger partial charge in [-0.3, -0.25) is 0 Å².